The molecule has 0 bridgehead atoms. The van der Waals surface area contributed by atoms with Crippen molar-refractivity contribution in [2.45, 2.75) is 32.9 Å². The smallest absolute Gasteiger partial charge is 0.237 e. The Balaban J connectivity index is 1.96. The van der Waals surface area contributed by atoms with E-state index in [1.54, 1.807) is 18.6 Å². The number of nitrogens with zero attached hydrogens (tertiary/aromatic N) is 3. The lowest BCUT2D eigenvalue weighted by Gasteiger charge is -2.28. The summed E-state index contributed by atoms with van der Waals surface area (Å²) in [6, 6.07) is 7.89. The maximum absolute atomic E-state index is 9.93. The first kappa shape index (κ1) is 16.4. The lowest BCUT2D eigenvalue weighted by Crippen LogP contribution is -2.38. The zero-order chi connectivity index (χ0) is 16.0. The topological polar surface area (TPSA) is 58.5 Å². The highest BCUT2D eigenvalue weighted by atomic mass is 16.5. The summed E-state index contributed by atoms with van der Waals surface area (Å²) in [6.07, 6.45) is 4.79. The Labute approximate surface area is 131 Å². The predicted molar refractivity (Wildman–Crippen MR) is 85.8 cm³/mol. The Hall–Kier alpha value is -1.98. The van der Waals surface area contributed by atoms with Crippen molar-refractivity contribution < 1.29 is 9.84 Å². The molecule has 2 rings (SSSR count). The molecule has 0 amide bonds. The van der Waals surface area contributed by atoms with Crippen LogP contribution in [-0.2, 0) is 6.54 Å². The number of hydrogen-bond donors (Lipinski definition) is 1. The van der Waals surface area contributed by atoms with E-state index >= 15 is 0 Å². The third-order valence-corrected chi connectivity index (χ3v) is 3.15. The van der Waals surface area contributed by atoms with Crippen molar-refractivity contribution >= 4 is 0 Å². The fourth-order valence-corrected chi connectivity index (χ4v) is 2.21. The van der Waals surface area contributed by atoms with Crippen LogP contribution in [0.2, 0.25) is 0 Å². The molecule has 0 spiro atoms. The second-order valence-electron chi connectivity index (χ2n) is 5.91. The van der Waals surface area contributed by atoms with Crippen LogP contribution in [0.4, 0.5) is 0 Å². The minimum Gasteiger partial charge on any atom is -0.438 e. The molecule has 1 aromatic heterocycles. The van der Waals surface area contributed by atoms with Crippen LogP contribution in [0.5, 0.6) is 11.6 Å². The van der Waals surface area contributed by atoms with Crippen molar-refractivity contribution in [3.63, 3.8) is 0 Å². The summed E-state index contributed by atoms with van der Waals surface area (Å²) in [7, 11) is 0. The molecule has 0 saturated heterocycles. The average molecular weight is 301 g/mol. The summed E-state index contributed by atoms with van der Waals surface area (Å²) >= 11 is 0. The number of likely N-dealkylation sites (N-methyl/N-ethyl adjacent to an activating group) is 1. The average Bonchev–Trinajstić information content (AvgIpc) is 2.48. The van der Waals surface area contributed by atoms with E-state index in [4.69, 9.17) is 4.74 Å². The summed E-state index contributed by atoms with van der Waals surface area (Å²) in [5.74, 6) is 1.21. The van der Waals surface area contributed by atoms with E-state index in [1.807, 2.05) is 38.1 Å². The molecule has 1 heterocycles. The van der Waals surface area contributed by atoms with Crippen LogP contribution in [0.25, 0.3) is 0 Å². The second kappa shape index (κ2) is 7.33. The molecular weight excluding hydrogens is 278 g/mol. The first-order valence-electron chi connectivity index (χ1n) is 7.44. The van der Waals surface area contributed by atoms with E-state index in [2.05, 4.69) is 21.8 Å². The fourth-order valence-electron chi connectivity index (χ4n) is 2.21. The predicted octanol–water partition coefficient (Wildman–Crippen LogP) is 2.86. The molecule has 0 fully saturated rings. The molecule has 2 aromatic rings. The summed E-state index contributed by atoms with van der Waals surface area (Å²) < 4.78 is 5.62. The highest BCUT2D eigenvalue weighted by molar-refractivity contribution is 5.29. The van der Waals surface area contributed by atoms with Gasteiger partial charge in [-0.3, -0.25) is 9.88 Å². The SMILES string of the molecule is CCN(Cc1ccc(Oc2cnccn2)cc1)CC(C)(C)O. The van der Waals surface area contributed by atoms with Crippen molar-refractivity contribution in [1.82, 2.24) is 14.9 Å². The lowest BCUT2D eigenvalue weighted by atomic mass is 10.1. The van der Waals surface area contributed by atoms with Crippen molar-refractivity contribution in [1.29, 1.82) is 0 Å². The lowest BCUT2D eigenvalue weighted by molar-refractivity contribution is 0.0353. The first-order valence-corrected chi connectivity index (χ1v) is 7.44. The van der Waals surface area contributed by atoms with E-state index in [1.165, 1.54) is 5.56 Å². The van der Waals surface area contributed by atoms with Crippen LogP contribution in [0.1, 0.15) is 26.3 Å². The van der Waals surface area contributed by atoms with Gasteiger partial charge in [-0.25, -0.2) is 4.98 Å². The number of hydrogen-bond acceptors (Lipinski definition) is 5. The van der Waals surface area contributed by atoms with Crippen molar-refractivity contribution in [3.05, 3.63) is 48.4 Å². The highest BCUT2D eigenvalue weighted by Crippen LogP contribution is 2.19. The maximum atomic E-state index is 9.93. The standard InChI is InChI=1S/C17H23N3O2/c1-4-20(13-17(2,3)21)12-14-5-7-15(8-6-14)22-16-11-18-9-10-19-16/h5-11,21H,4,12-13H2,1-3H3. The number of rotatable bonds is 7. The largest absolute Gasteiger partial charge is 0.438 e. The highest BCUT2D eigenvalue weighted by Gasteiger charge is 2.17. The third-order valence-electron chi connectivity index (χ3n) is 3.15. The summed E-state index contributed by atoms with van der Waals surface area (Å²) in [5, 5.41) is 9.93. The summed E-state index contributed by atoms with van der Waals surface area (Å²) in [5.41, 5.74) is 0.489. The molecule has 0 aliphatic carbocycles. The first-order chi connectivity index (χ1) is 10.5. The minimum atomic E-state index is -0.689. The van der Waals surface area contributed by atoms with Gasteiger partial charge in [-0.1, -0.05) is 19.1 Å². The number of aliphatic hydroxyl groups is 1. The van der Waals surface area contributed by atoms with Gasteiger partial charge in [-0.15, -0.1) is 0 Å². The Morgan fingerprint density at radius 2 is 1.91 bits per heavy atom. The van der Waals surface area contributed by atoms with Gasteiger partial charge in [0.1, 0.15) is 5.75 Å². The normalized spacial score (nSPS) is 11.7. The van der Waals surface area contributed by atoms with Gasteiger partial charge in [-0.2, -0.15) is 0 Å². The molecule has 0 aliphatic rings. The Kier molecular flexibility index (Phi) is 5.46. The second-order valence-corrected chi connectivity index (χ2v) is 5.91. The van der Waals surface area contributed by atoms with E-state index < -0.39 is 5.60 Å². The molecule has 0 saturated carbocycles. The van der Waals surface area contributed by atoms with Crippen LogP contribution in [0.3, 0.4) is 0 Å². The van der Waals surface area contributed by atoms with Crippen molar-refractivity contribution in [2.24, 2.45) is 0 Å². The van der Waals surface area contributed by atoms with E-state index in [-0.39, 0.29) is 0 Å². The van der Waals surface area contributed by atoms with Crippen LogP contribution < -0.4 is 4.74 Å². The van der Waals surface area contributed by atoms with Gasteiger partial charge in [0.2, 0.25) is 5.88 Å². The van der Waals surface area contributed by atoms with Crippen LogP contribution in [0.15, 0.2) is 42.9 Å². The minimum absolute atomic E-state index is 0.479. The summed E-state index contributed by atoms with van der Waals surface area (Å²) in [4.78, 5) is 10.2. The Morgan fingerprint density at radius 3 is 2.45 bits per heavy atom. The molecule has 0 aliphatic heterocycles. The van der Waals surface area contributed by atoms with Crippen molar-refractivity contribution in [3.8, 4) is 11.6 Å². The molecule has 118 valence electrons. The van der Waals surface area contributed by atoms with Gasteiger partial charge in [0.05, 0.1) is 11.8 Å². The van der Waals surface area contributed by atoms with Gasteiger partial charge in [0, 0.05) is 25.5 Å². The quantitative estimate of drug-likeness (QED) is 0.852. The monoisotopic (exact) mass is 301 g/mol. The Morgan fingerprint density at radius 1 is 1.18 bits per heavy atom. The molecule has 1 aromatic carbocycles. The number of aromatic nitrogens is 2. The number of ether oxygens (including phenoxy) is 1. The molecule has 5 nitrogen and oxygen atoms in total. The van der Waals surface area contributed by atoms with Gasteiger partial charge < -0.3 is 9.84 Å². The molecule has 0 atom stereocenters. The molecular formula is C17H23N3O2. The van der Waals surface area contributed by atoms with Gasteiger partial charge >= 0.3 is 0 Å². The molecule has 0 unspecified atom stereocenters. The molecule has 0 radical (unpaired) electrons. The maximum Gasteiger partial charge on any atom is 0.237 e. The van der Waals surface area contributed by atoms with Gasteiger partial charge in [0.15, 0.2) is 0 Å². The van der Waals surface area contributed by atoms with Crippen LogP contribution >= 0.6 is 0 Å². The fraction of sp³-hybridized carbons (Fsp3) is 0.412. The third kappa shape index (κ3) is 5.42. The zero-order valence-electron chi connectivity index (χ0n) is 13.4. The molecule has 5 heteroatoms. The van der Waals surface area contributed by atoms with E-state index in [0.717, 1.165) is 18.8 Å². The summed E-state index contributed by atoms with van der Waals surface area (Å²) in [6.45, 7) is 8.08. The molecule has 22 heavy (non-hydrogen) atoms. The van der Waals surface area contributed by atoms with Crippen molar-refractivity contribution in [2.75, 3.05) is 13.1 Å². The van der Waals surface area contributed by atoms with E-state index in [9.17, 15) is 5.11 Å². The van der Waals surface area contributed by atoms with Gasteiger partial charge in [-0.05, 0) is 38.1 Å². The van der Waals surface area contributed by atoms with Crippen LogP contribution in [0, 0.1) is 0 Å². The number of benzene rings is 1. The molecule has 1 N–H and O–H groups in total. The van der Waals surface area contributed by atoms with E-state index in [0.29, 0.717) is 12.4 Å². The zero-order valence-corrected chi connectivity index (χ0v) is 13.4. The van der Waals surface area contributed by atoms with Crippen LogP contribution in [-0.4, -0.2) is 38.7 Å². The van der Waals surface area contributed by atoms with Gasteiger partial charge in [0.25, 0.3) is 0 Å². The Bertz CT molecular complexity index is 565.